The van der Waals surface area contributed by atoms with Gasteiger partial charge in [-0.25, -0.2) is 4.79 Å². The van der Waals surface area contributed by atoms with Gasteiger partial charge in [0.05, 0.1) is 6.54 Å². The fourth-order valence-corrected chi connectivity index (χ4v) is 2.17. The third-order valence-electron chi connectivity index (χ3n) is 2.63. The summed E-state index contributed by atoms with van der Waals surface area (Å²) in [7, 11) is 0. The molecular formula is C13H18N4O2S. The lowest BCUT2D eigenvalue weighted by atomic mass is 10.2. The second-order valence-corrected chi connectivity index (χ2v) is 5.67. The normalized spacial score (nSPS) is 10.8. The molecule has 2 amide bonds. The van der Waals surface area contributed by atoms with Gasteiger partial charge in [0.2, 0.25) is 5.89 Å². The van der Waals surface area contributed by atoms with Crippen molar-refractivity contribution in [3.8, 4) is 0 Å². The van der Waals surface area contributed by atoms with Crippen LogP contribution in [0.3, 0.4) is 0 Å². The highest BCUT2D eigenvalue weighted by molar-refractivity contribution is 7.09. The summed E-state index contributed by atoms with van der Waals surface area (Å²) in [6.07, 6.45) is 0.534. The third kappa shape index (κ3) is 4.34. The molecule has 7 heteroatoms. The lowest BCUT2D eigenvalue weighted by molar-refractivity contribution is 0.240. The molecule has 0 saturated heterocycles. The molecule has 108 valence electrons. The molecule has 20 heavy (non-hydrogen) atoms. The topological polar surface area (TPSA) is 80.0 Å². The Labute approximate surface area is 121 Å². The summed E-state index contributed by atoms with van der Waals surface area (Å²) in [5, 5.41) is 11.4. The fraction of sp³-hybridized carbons (Fsp3) is 0.462. The number of hydrogen-bond donors (Lipinski definition) is 2. The molecule has 2 heterocycles. The molecule has 2 N–H and O–H groups in total. The van der Waals surface area contributed by atoms with Crippen LogP contribution in [0.15, 0.2) is 22.0 Å². The number of rotatable bonds is 6. The maximum Gasteiger partial charge on any atom is 0.315 e. The van der Waals surface area contributed by atoms with Gasteiger partial charge in [-0.1, -0.05) is 25.1 Å². The van der Waals surface area contributed by atoms with E-state index in [0.29, 0.717) is 31.2 Å². The van der Waals surface area contributed by atoms with E-state index >= 15 is 0 Å². The number of thiophene rings is 1. The molecular weight excluding hydrogens is 276 g/mol. The van der Waals surface area contributed by atoms with Gasteiger partial charge in [-0.05, 0) is 11.4 Å². The molecule has 2 rings (SSSR count). The van der Waals surface area contributed by atoms with Crippen LogP contribution in [0.4, 0.5) is 4.79 Å². The first-order valence-electron chi connectivity index (χ1n) is 6.51. The number of urea groups is 1. The molecule has 0 saturated carbocycles. The Morgan fingerprint density at radius 3 is 2.95 bits per heavy atom. The zero-order valence-electron chi connectivity index (χ0n) is 11.5. The molecule has 0 bridgehead atoms. The fourth-order valence-electron chi connectivity index (χ4n) is 1.53. The highest BCUT2D eigenvalue weighted by Gasteiger charge is 2.09. The Bertz CT molecular complexity index is 536. The van der Waals surface area contributed by atoms with Gasteiger partial charge in [-0.2, -0.15) is 4.98 Å². The number of carbonyl (C=O) groups excluding carboxylic acids is 1. The van der Waals surface area contributed by atoms with E-state index < -0.39 is 0 Å². The van der Waals surface area contributed by atoms with Crippen molar-refractivity contribution in [1.29, 1.82) is 0 Å². The van der Waals surface area contributed by atoms with Gasteiger partial charge in [0.25, 0.3) is 0 Å². The average Bonchev–Trinajstić information content (AvgIpc) is 3.07. The van der Waals surface area contributed by atoms with E-state index in [0.717, 1.165) is 4.88 Å². The van der Waals surface area contributed by atoms with Crippen molar-refractivity contribution in [1.82, 2.24) is 20.8 Å². The van der Waals surface area contributed by atoms with Gasteiger partial charge in [-0.3, -0.25) is 0 Å². The van der Waals surface area contributed by atoms with Crippen LogP contribution in [-0.4, -0.2) is 22.7 Å². The largest absolute Gasteiger partial charge is 0.339 e. The number of hydrogen-bond acceptors (Lipinski definition) is 5. The first kappa shape index (κ1) is 14.5. The highest BCUT2D eigenvalue weighted by Crippen LogP contribution is 2.09. The number of aromatic nitrogens is 2. The van der Waals surface area contributed by atoms with Crippen molar-refractivity contribution >= 4 is 17.4 Å². The van der Waals surface area contributed by atoms with E-state index in [1.54, 1.807) is 11.3 Å². The minimum atomic E-state index is -0.193. The van der Waals surface area contributed by atoms with E-state index in [2.05, 4.69) is 20.8 Å². The minimum Gasteiger partial charge on any atom is -0.339 e. The molecule has 0 aliphatic rings. The standard InChI is InChI=1S/C13H18N4O2S/c1-9(2)12-16-11(19-17-12)5-6-14-13(18)15-8-10-4-3-7-20-10/h3-4,7,9H,5-6,8H2,1-2H3,(H2,14,15,18). The molecule has 0 aromatic carbocycles. The van der Waals surface area contributed by atoms with E-state index in [1.807, 2.05) is 31.4 Å². The lowest BCUT2D eigenvalue weighted by Gasteiger charge is -2.04. The van der Waals surface area contributed by atoms with Gasteiger partial charge in [-0.15, -0.1) is 11.3 Å². The van der Waals surface area contributed by atoms with E-state index in [1.165, 1.54) is 0 Å². The van der Waals surface area contributed by atoms with Crippen LogP contribution in [0.5, 0.6) is 0 Å². The molecule has 0 atom stereocenters. The molecule has 2 aromatic heterocycles. The Balaban J connectivity index is 1.65. The molecule has 0 aliphatic carbocycles. The second kappa shape index (κ2) is 7.04. The first-order chi connectivity index (χ1) is 9.65. The molecule has 6 nitrogen and oxygen atoms in total. The summed E-state index contributed by atoms with van der Waals surface area (Å²) in [4.78, 5) is 16.9. The van der Waals surface area contributed by atoms with Crippen molar-refractivity contribution in [2.75, 3.05) is 6.54 Å². The zero-order chi connectivity index (χ0) is 14.4. The Morgan fingerprint density at radius 1 is 1.45 bits per heavy atom. The molecule has 2 aromatic rings. The number of nitrogens with one attached hydrogen (secondary N) is 2. The number of amides is 2. The maximum absolute atomic E-state index is 11.6. The summed E-state index contributed by atoms with van der Waals surface area (Å²) in [6, 6.07) is 3.75. The van der Waals surface area contributed by atoms with E-state index in [4.69, 9.17) is 4.52 Å². The predicted octanol–water partition coefficient (Wildman–Crippen LogP) is 2.30. The SMILES string of the molecule is CC(C)c1noc(CCNC(=O)NCc2cccs2)n1. The Morgan fingerprint density at radius 2 is 2.30 bits per heavy atom. The smallest absolute Gasteiger partial charge is 0.315 e. The quantitative estimate of drug-likeness (QED) is 0.856. The number of carbonyl (C=O) groups is 1. The van der Waals surface area contributed by atoms with Crippen molar-refractivity contribution in [3.63, 3.8) is 0 Å². The monoisotopic (exact) mass is 294 g/mol. The van der Waals surface area contributed by atoms with Crippen molar-refractivity contribution < 1.29 is 9.32 Å². The van der Waals surface area contributed by atoms with Gasteiger partial charge in [0.15, 0.2) is 5.82 Å². The van der Waals surface area contributed by atoms with Crippen LogP contribution < -0.4 is 10.6 Å². The van der Waals surface area contributed by atoms with Crippen LogP contribution in [-0.2, 0) is 13.0 Å². The third-order valence-corrected chi connectivity index (χ3v) is 3.50. The predicted molar refractivity (Wildman–Crippen MR) is 76.6 cm³/mol. The summed E-state index contributed by atoms with van der Waals surface area (Å²) in [5.41, 5.74) is 0. The van der Waals surface area contributed by atoms with E-state index in [-0.39, 0.29) is 11.9 Å². The van der Waals surface area contributed by atoms with Crippen molar-refractivity contribution in [3.05, 3.63) is 34.1 Å². The summed E-state index contributed by atoms with van der Waals surface area (Å²) < 4.78 is 5.10. The van der Waals surface area contributed by atoms with Crippen LogP contribution in [0.25, 0.3) is 0 Å². The Kier molecular flexibility index (Phi) is 5.11. The average molecular weight is 294 g/mol. The van der Waals surface area contributed by atoms with Crippen LogP contribution in [0.2, 0.25) is 0 Å². The summed E-state index contributed by atoms with van der Waals surface area (Å²) in [6.45, 7) is 5.02. The zero-order valence-corrected chi connectivity index (χ0v) is 12.4. The van der Waals surface area contributed by atoms with Crippen LogP contribution in [0, 0.1) is 0 Å². The lowest BCUT2D eigenvalue weighted by Crippen LogP contribution is -2.36. The van der Waals surface area contributed by atoms with Crippen molar-refractivity contribution in [2.24, 2.45) is 0 Å². The molecule has 0 aliphatic heterocycles. The van der Waals surface area contributed by atoms with Gasteiger partial charge < -0.3 is 15.2 Å². The van der Waals surface area contributed by atoms with Crippen LogP contribution in [0.1, 0.15) is 36.4 Å². The second-order valence-electron chi connectivity index (χ2n) is 4.64. The summed E-state index contributed by atoms with van der Waals surface area (Å²) >= 11 is 1.62. The molecule has 0 radical (unpaired) electrons. The first-order valence-corrected chi connectivity index (χ1v) is 7.39. The van der Waals surface area contributed by atoms with Crippen LogP contribution >= 0.6 is 11.3 Å². The van der Waals surface area contributed by atoms with Gasteiger partial charge >= 0.3 is 6.03 Å². The maximum atomic E-state index is 11.6. The molecule has 0 unspecified atom stereocenters. The Hall–Kier alpha value is -1.89. The summed E-state index contributed by atoms with van der Waals surface area (Å²) in [5.74, 6) is 1.49. The van der Waals surface area contributed by atoms with Gasteiger partial charge in [0.1, 0.15) is 0 Å². The number of nitrogens with zero attached hydrogens (tertiary/aromatic N) is 2. The minimum absolute atomic E-state index is 0.193. The van der Waals surface area contributed by atoms with Crippen molar-refractivity contribution in [2.45, 2.75) is 32.7 Å². The molecule has 0 fully saturated rings. The molecule has 0 spiro atoms. The van der Waals surface area contributed by atoms with E-state index in [9.17, 15) is 4.79 Å². The highest BCUT2D eigenvalue weighted by atomic mass is 32.1. The van der Waals surface area contributed by atoms with Gasteiger partial charge in [0, 0.05) is 23.8 Å².